The number of rotatable bonds is 10. The van der Waals surface area contributed by atoms with Crippen molar-refractivity contribution < 1.29 is 38.2 Å². The standard InChI is InChI=1S/C31H33FN8O8S2/c1-4-38-11-17(25(41)16-9-18(32)21(10-20(16)38)39-7-5-37(2)6-8-39)30(46)48-12-15-13-49-28-23(27(43)40(28)24(15)29(44)45)35-26(42)22(36-47-3)19-14-50-31(33)34-19/h9-11,14,23,28H,4-8,12-13H2,1-3H3,(H2,33,34)(H,35,42)(H,44,45)/b36-22+/t23-,28-/m1/s1. The van der Waals surface area contributed by atoms with E-state index in [1.54, 1.807) is 10.6 Å². The number of aromatic nitrogens is 2. The lowest BCUT2D eigenvalue weighted by molar-refractivity contribution is -0.150. The first-order chi connectivity index (χ1) is 23.9. The van der Waals surface area contributed by atoms with Gasteiger partial charge < -0.3 is 40.1 Å². The molecule has 0 aliphatic carbocycles. The van der Waals surface area contributed by atoms with Crippen molar-refractivity contribution in [2.45, 2.75) is 24.9 Å². The van der Waals surface area contributed by atoms with Crippen molar-refractivity contribution in [3.8, 4) is 0 Å². The largest absolute Gasteiger partial charge is 0.477 e. The predicted octanol–water partition coefficient (Wildman–Crippen LogP) is 0.897. The minimum absolute atomic E-state index is 0.00870. The summed E-state index contributed by atoms with van der Waals surface area (Å²) in [4.78, 5) is 79.2. The fourth-order valence-electron chi connectivity index (χ4n) is 6.02. The minimum Gasteiger partial charge on any atom is -0.477 e. The summed E-state index contributed by atoms with van der Waals surface area (Å²) >= 11 is 2.23. The number of β-lactam (4-membered cyclic amide) rings is 1. The number of oxime groups is 1. The van der Waals surface area contributed by atoms with Gasteiger partial charge in [0.1, 0.15) is 47.9 Å². The number of pyridine rings is 1. The lowest BCUT2D eigenvalue weighted by Crippen LogP contribution is -2.71. The number of aryl methyl sites for hydroxylation is 1. The molecule has 2 atom stereocenters. The van der Waals surface area contributed by atoms with Crippen LogP contribution in [0.2, 0.25) is 0 Å². The Morgan fingerprint density at radius 3 is 2.58 bits per heavy atom. The van der Waals surface area contributed by atoms with Crippen molar-refractivity contribution in [3.63, 3.8) is 0 Å². The lowest BCUT2D eigenvalue weighted by Gasteiger charge is -2.49. The number of likely N-dealkylation sites (N-methyl/N-ethyl adjacent to an activating group) is 1. The molecule has 2 fully saturated rings. The number of aliphatic carboxylic acids is 1. The highest BCUT2D eigenvalue weighted by atomic mass is 32.2. The molecular weight excluding hydrogens is 696 g/mol. The number of carbonyl (C=O) groups is 4. The second kappa shape index (κ2) is 14.1. The van der Waals surface area contributed by atoms with E-state index in [-0.39, 0.29) is 38.8 Å². The second-order valence-electron chi connectivity index (χ2n) is 11.7. The number of carboxylic acids is 1. The van der Waals surface area contributed by atoms with Crippen LogP contribution >= 0.6 is 23.1 Å². The molecule has 2 aromatic heterocycles. The summed E-state index contributed by atoms with van der Waals surface area (Å²) in [5.41, 5.74) is 5.08. The summed E-state index contributed by atoms with van der Waals surface area (Å²) < 4.78 is 22.5. The Morgan fingerprint density at radius 2 is 1.94 bits per heavy atom. The Hall–Kier alpha value is -5.01. The zero-order valence-electron chi connectivity index (χ0n) is 27.2. The number of piperazine rings is 1. The van der Waals surface area contributed by atoms with Gasteiger partial charge in [-0.05, 0) is 26.1 Å². The monoisotopic (exact) mass is 728 g/mol. The average molecular weight is 729 g/mol. The quantitative estimate of drug-likeness (QED) is 0.115. The molecule has 6 rings (SSSR count). The molecule has 2 amide bonds. The minimum atomic E-state index is -1.44. The first kappa shape index (κ1) is 34.8. The van der Waals surface area contributed by atoms with Crippen LogP contribution in [-0.2, 0) is 30.5 Å². The molecule has 5 heterocycles. The molecule has 19 heteroatoms. The van der Waals surface area contributed by atoms with Crippen LogP contribution in [-0.4, -0.2) is 118 Å². The van der Waals surface area contributed by atoms with E-state index in [0.29, 0.717) is 30.8 Å². The highest BCUT2D eigenvalue weighted by Gasteiger charge is 2.54. The molecular formula is C31H33FN8O8S2. The lowest BCUT2D eigenvalue weighted by atomic mass is 10.0. The Labute approximate surface area is 292 Å². The van der Waals surface area contributed by atoms with Gasteiger partial charge in [-0.2, -0.15) is 0 Å². The van der Waals surface area contributed by atoms with Crippen LogP contribution < -0.4 is 21.4 Å². The Bertz CT molecular complexity index is 2020. The molecule has 0 unspecified atom stereocenters. The molecule has 16 nitrogen and oxygen atoms in total. The number of hydrogen-bond acceptors (Lipinski definition) is 14. The zero-order valence-corrected chi connectivity index (χ0v) is 28.8. The maximum atomic E-state index is 15.4. The van der Waals surface area contributed by atoms with Crippen molar-refractivity contribution in [2.24, 2.45) is 5.16 Å². The molecule has 264 valence electrons. The van der Waals surface area contributed by atoms with Crippen molar-refractivity contribution >= 4 is 74.3 Å². The molecule has 0 bridgehead atoms. The van der Waals surface area contributed by atoms with Gasteiger partial charge in [0.2, 0.25) is 5.43 Å². The number of hydrogen-bond donors (Lipinski definition) is 3. The van der Waals surface area contributed by atoms with Crippen LogP contribution in [0.15, 0.2) is 44.9 Å². The smallest absolute Gasteiger partial charge is 0.352 e. The highest BCUT2D eigenvalue weighted by Crippen LogP contribution is 2.40. The number of thiazole rings is 1. The third-order valence-corrected chi connectivity index (χ3v) is 10.6. The number of esters is 1. The van der Waals surface area contributed by atoms with Crippen molar-refractivity contribution in [3.05, 3.63) is 62.3 Å². The number of thioether (sulfide) groups is 1. The van der Waals surface area contributed by atoms with E-state index in [0.717, 1.165) is 47.2 Å². The summed E-state index contributed by atoms with van der Waals surface area (Å²) in [6.45, 7) is 4.43. The molecule has 3 aliphatic rings. The van der Waals surface area contributed by atoms with E-state index in [1.165, 1.54) is 18.7 Å². The summed E-state index contributed by atoms with van der Waals surface area (Å²) in [7, 11) is 3.23. The molecule has 50 heavy (non-hydrogen) atoms. The van der Waals surface area contributed by atoms with Gasteiger partial charge in [0.15, 0.2) is 10.8 Å². The third-order valence-electron chi connectivity index (χ3n) is 8.63. The number of nitrogens with one attached hydrogen (secondary N) is 1. The second-order valence-corrected chi connectivity index (χ2v) is 13.7. The maximum Gasteiger partial charge on any atom is 0.352 e. The van der Waals surface area contributed by atoms with E-state index < -0.39 is 58.7 Å². The van der Waals surface area contributed by atoms with E-state index in [9.17, 15) is 29.1 Å². The van der Waals surface area contributed by atoms with Crippen LogP contribution in [0.1, 0.15) is 23.0 Å². The first-order valence-electron chi connectivity index (χ1n) is 15.4. The van der Waals surface area contributed by atoms with Crippen LogP contribution in [0.5, 0.6) is 0 Å². The zero-order chi connectivity index (χ0) is 35.9. The molecule has 0 saturated carbocycles. The normalized spacial score (nSPS) is 19.7. The number of amides is 2. The van der Waals surface area contributed by atoms with E-state index >= 15 is 4.39 Å². The van der Waals surface area contributed by atoms with Gasteiger partial charge in [0, 0.05) is 61.0 Å². The number of nitrogens with zero attached hydrogens (tertiary/aromatic N) is 6. The van der Waals surface area contributed by atoms with Gasteiger partial charge in [-0.15, -0.1) is 23.1 Å². The van der Waals surface area contributed by atoms with Gasteiger partial charge in [-0.1, -0.05) is 5.16 Å². The molecule has 0 spiro atoms. The Kier molecular flexibility index (Phi) is 9.81. The number of nitrogen functional groups attached to an aromatic ring is 1. The Morgan fingerprint density at radius 1 is 1.20 bits per heavy atom. The van der Waals surface area contributed by atoms with Gasteiger partial charge >= 0.3 is 11.9 Å². The summed E-state index contributed by atoms with van der Waals surface area (Å²) in [6.07, 6.45) is 1.35. The number of nitrogens with two attached hydrogens (primary N) is 1. The Balaban J connectivity index is 1.19. The van der Waals surface area contributed by atoms with Gasteiger partial charge in [-0.3, -0.25) is 19.3 Å². The summed E-state index contributed by atoms with van der Waals surface area (Å²) in [5.74, 6) is -4.50. The summed E-state index contributed by atoms with van der Waals surface area (Å²) in [5, 5.41) is 17.2. The molecule has 1 aromatic carbocycles. The third kappa shape index (κ3) is 6.38. The average Bonchev–Trinajstić information content (AvgIpc) is 3.53. The first-order valence-corrected chi connectivity index (χ1v) is 17.4. The fourth-order valence-corrected chi connectivity index (χ4v) is 7.90. The van der Waals surface area contributed by atoms with Crippen molar-refractivity contribution in [2.75, 3.05) is 63.3 Å². The van der Waals surface area contributed by atoms with Gasteiger partial charge in [-0.25, -0.2) is 19.0 Å². The number of ether oxygens (including phenoxy) is 1. The molecule has 2 saturated heterocycles. The van der Waals surface area contributed by atoms with Crippen molar-refractivity contribution in [1.82, 2.24) is 24.7 Å². The summed E-state index contributed by atoms with van der Waals surface area (Å²) in [6, 6.07) is 1.67. The molecule has 3 aliphatic heterocycles. The van der Waals surface area contributed by atoms with Crippen LogP contribution in [0.25, 0.3) is 10.9 Å². The van der Waals surface area contributed by atoms with Crippen molar-refractivity contribution in [1.29, 1.82) is 0 Å². The number of anilines is 2. The maximum absolute atomic E-state index is 15.4. The van der Waals surface area contributed by atoms with Gasteiger partial charge in [0.05, 0.1) is 11.2 Å². The molecule has 0 radical (unpaired) electrons. The van der Waals surface area contributed by atoms with Crippen LogP contribution in [0.3, 0.4) is 0 Å². The number of benzene rings is 1. The van der Waals surface area contributed by atoms with Crippen LogP contribution in [0.4, 0.5) is 15.2 Å². The van der Waals surface area contributed by atoms with Gasteiger partial charge in [0.25, 0.3) is 11.8 Å². The van der Waals surface area contributed by atoms with Crippen LogP contribution in [0, 0.1) is 5.82 Å². The highest BCUT2D eigenvalue weighted by molar-refractivity contribution is 8.00. The van der Waals surface area contributed by atoms with E-state index in [2.05, 4.69) is 20.4 Å². The topological polar surface area (TPSA) is 202 Å². The number of fused-ring (bicyclic) bond motifs is 2. The number of carbonyl (C=O) groups excluding carboxylic acids is 3. The SMILES string of the molecule is CCn1cc(C(=O)OCC2=C(C(=O)O)N3C(=O)[C@@H](NC(=O)/C(=N/OC)c4csc(N)n4)[C@H]3SC2)c(=O)c2cc(F)c(N3CCN(C)CC3)cc21. The number of carboxylic acid groups (broad SMARTS) is 1. The predicted molar refractivity (Wildman–Crippen MR) is 184 cm³/mol. The molecule has 3 aromatic rings. The molecule has 4 N–H and O–H groups in total. The fraction of sp³-hybridized carbons (Fsp3) is 0.387. The van der Waals surface area contributed by atoms with E-state index in [1.807, 2.05) is 18.9 Å². The van der Waals surface area contributed by atoms with E-state index in [4.69, 9.17) is 15.3 Å². The number of halogens is 1.